The molecule has 3 rings (SSSR count). The fraction of sp³-hybridized carbons (Fsp3) is 0.0500. The van der Waals surface area contributed by atoms with E-state index in [2.05, 4.69) is 55.2 Å². The highest BCUT2D eigenvalue weighted by molar-refractivity contribution is 5.86. The Hall–Kier alpha value is -3.03. The lowest BCUT2D eigenvalue weighted by molar-refractivity contribution is 1.48. The molecule has 0 radical (unpaired) electrons. The summed E-state index contributed by atoms with van der Waals surface area (Å²) in [5, 5.41) is 11.3. The average Bonchev–Trinajstić information content (AvgIpc) is 2.54. The topological polar surface area (TPSA) is 23.8 Å². The summed E-state index contributed by atoms with van der Waals surface area (Å²) in [6, 6.07) is 22.0. The minimum atomic E-state index is 0.655. The van der Waals surface area contributed by atoms with Gasteiger partial charge >= 0.3 is 0 Å². The van der Waals surface area contributed by atoms with Crippen LogP contribution in [0, 0.1) is 30.1 Å². The Balaban J connectivity index is 1.97. The Morgan fingerprint density at radius 3 is 2.19 bits per heavy atom. The third kappa shape index (κ3) is 2.78. The van der Waals surface area contributed by atoms with Gasteiger partial charge in [0.2, 0.25) is 0 Å². The number of fused-ring (bicyclic) bond motifs is 1. The van der Waals surface area contributed by atoms with Crippen molar-refractivity contribution in [1.29, 1.82) is 5.26 Å². The van der Waals surface area contributed by atoms with E-state index in [1.165, 1.54) is 16.3 Å². The summed E-state index contributed by atoms with van der Waals surface area (Å²) in [5.41, 5.74) is 3.83. The number of nitrogens with zero attached hydrogens (tertiary/aromatic N) is 1. The van der Waals surface area contributed by atoms with E-state index in [9.17, 15) is 0 Å². The molecule has 98 valence electrons. The van der Waals surface area contributed by atoms with E-state index in [1.807, 2.05) is 18.2 Å². The van der Waals surface area contributed by atoms with Gasteiger partial charge in [-0.2, -0.15) is 5.26 Å². The summed E-state index contributed by atoms with van der Waals surface area (Å²) in [6.45, 7) is 2.11. The third-order valence-corrected chi connectivity index (χ3v) is 3.47. The molecule has 0 aliphatic carbocycles. The van der Waals surface area contributed by atoms with Gasteiger partial charge in [0.1, 0.15) is 0 Å². The van der Waals surface area contributed by atoms with Crippen LogP contribution in [0.4, 0.5) is 0 Å². The first-order valence-corrected chi connectivity index (χ1v) is 6.78. The van der Waals surface area contributed by atoms with E-state index in [1.54, 1.807) is 12.1 Å². The lowest BCUT2D eigenvalue weighted by Gasteiger charge is -2.01. The maximum Gasteiger partial charge on any atom is 0.0991 e. The van der Waals surface area contributed by atoms with Crippen molar-refractivity contribution < 1.29 is 0 Å². The van der Waals surface area contributed by atoms with Crippen LogP contribution in [0.15, 0.2) is 60.7 Å². The quantitative estimate of drug-likeness (QED) is 0.553. The number of rotatable bonds is 0. The Morgan fingerprint density at radius 2 is 1.43 bits per heavy atom. The van der Waals surface area contributed by atoms with Crippen molar-refractivity contribution in [2.45, 2.75) is 6.92 Å². The molecule has 0 atom stereocenters. The molecule has 3 aromatic rings. The summed E-state index contributed by atoms with van der Waals surface area (Å²) in [5.74, 6) is 6.32. The van der Waals surface area contributed by atoms with Gasteiger partial charge in [-0.1, -0.05) is 36.1 Å². The number of hydrogen-bond donors (Lipinski definition) is 0. The molecule has 0 unspecified atom stereocenters. The zero-order valence-electron chi connectivity index (χ0n) is 11.7. The number of hydrogen-bond acceptors (Lipinski definition) is 1. The molecule has 3 aromatic carbocycles. The molecule has 0 aliphatic rings. The SMILES string of the molecule is Cc1cccc2ccc(C#Cc3ccc(C#N)cc3)cc12. The second kappa shape index (κ2) is 5.53. The van der Waals surface area contributed by atoms with Crippen LogP contribution in [0.3, 0.4) is 0 Å². The summed E-state index contributed by atoms with van der Waals surface area (Å²) < 4.78 is 0. The Labute approximate surface area is 124 Å². The van der Waals surface area contributed by atoms with Crippen LogP contribution < -0.4 is 0 Å². The normalized spacial score (nSPS) is 9.71. The van der Waals surface area contributed by atoms with Gasteiger partial charge in [0.25, 0.3) is 0 Å². The zero-order chi connectivity index (χ0) is 14.7. The lowest BCUT2D eigenvalue weighted by atomic mass is 10.0. The first-order valence-electron chi connectivity index (χ1n) is 6.78. The molecule has 1 heteroatoms. The van der Waals surface area contributed by atoms with E-state index in [0.29, 0.717) is 5.56 Å². The monoisotopic (exact) mass is 267 g/mol. The highest BCUT2D eigenvalue weighted by atomic mass is 14.2. The Morgan fingerprint density at radius 1 is 0.762 bits per heavy atom. The molecule has 0 bridgehead atoms. The largest absolute Gasteiger partial charge is 0.192 e. The first-order chi connectivity index (χ1) is 10.3. The molecule has 0 saturated heterocycles. The molecule has 0 aliphatic heterocycles. The van der Waals surface area contributed by atoms with Crippen molar-refractivity contribution in [3.63, 3.8) is 0 Å². The molecule has 21 heavy (non-hydrogen) atoms. The highest BCUT2D eigenvalue weighted by Gasteiger charge is 1.97. The van der Waals surface area contributed by atoms with Gasteiger partial charge in [-0.3, -0.25) is 0 Å². The molecular weight excluding hydrogens is 254 g/mol. The molecule has 0 aromatic heterocycles. The molecule has 1 nitrogen and oxygen atoms in total. The number of aryl methyl sites for hydroxylation is 1. The van der Waals surface area contributed by atoms with Gasteiger partial charge in [0, 0.05) is 11.1 Å². The van der Waals surface area contributed by atoms with Crippen molar-refractivity contribution in [3.05, 3.63) is 82.9 Å². The van der Waals surface area contributed by atoms with Crippen LogP contribution in [-0.4, -0.2) is 0 Å². The van der Waals surface area contributed by atoms with Crippen molar-refractivity contribution in [3.8, 4) is 17.9 Å². The predicted molar refractivity (Wildman–Crippen MR) is 85.8 cm³/mol. The number of nitriles is 1. The maximum atomic E-state index is 8.78. The van der Waals surface area contributed by atoms with Crippen LogP contribution in [0.5, 0.6) is 0 Å². The van der Waals surface area contributed by atoms with Crippen molar-refractivity contribution in [2.75, 3.05) is 0 Å². The maximum absolute atomic E-state index is 8.78. The molecule has 0 amide bonds. The van der Waals surface area contributed by atoms with Gasteiger partial charge < -0.3 is 0 Å². The van der Waals surface area contributed by atoms with Gasteiger partial charge in [0.15, 0.2) is 0 Å². The standard InChI is InChI=1S/C20H13N/c1-15-3-2-4-19-12-11-17(13-20(15)19)8-5-16-6-9-18(14-21)10-7-16/h2-4,6-7,9-13H,1H3. The Kier molecular flexibility index (Phi) is 3.42. The van der Waals surface area contributed by atoms with Gasteiger partial charge in [-0.05, 0) is 59.7 Å². The third-order valence-electron chi connectivity index (χ3n) is 3.47. The van der Waals surface area contributed by atoms with E-state index < -0.39 is 0 Å². The van der Waals surface area contributed by atoms with E-state index in [0.717, 1.165) is 11.1 Å². The van der Waals surface area contributed by atoms with Crippen molar-refractivity contribution in [2.24, 2.45) is 0 Å². The van der Waals surface area contributed by atoms with Crippen LogP contribution in [0.2, 0.25) is 0 Å². The highest BCUT2D eigenvalue weighted by Crippen LogP contribution is 2.19. The summed E-state index contributed by atoms with van der Waals surface area (Å²) in [4.78, 5) is 0. The van der Waals surface area contributed by atoms with Crippen molar-refractivity contribution >= 4 is 10.8 Å². The summed E-state index contributed by atoms with van der Waals surface area (Å²) in [6.07, 6.45) is 0. The fourth-order valence-electron chi connectivity index (χ4n) is 2.28. The molecular formula is C20H13N. The smallest absolute Gasteiger partial charge is 0.0991 e. The minimum Gasteiger partial charge on any atom is -0.192 e. The van der Waals surface area contributed by atoms with Crippen LogP contribution >= 0.6 is 0 Å². The molecule has 0 saturated carbocycles. The lowest BCUT2D eigenvalue weighted by Crippen LogP contribution is -1.81. The van der Waals surface area contributed by atoms with Crippen LogP contribution in [0.1, 0.15) is 22.3 Å². The minimum absolute atomic E-state index is 0.655. The number of benzene rings is 3. The second-order valence-corrected chi connectivity index (χ2v) is 4.95. The van der Waals surface area contributed by atoms with Gasteiger partial charge in [-0.25, -0.2) is 0 Å². The fourth-order valence-corrected chi connectivity index (χ4v) is 2.28. The van der Waals surface area contributed by atoms with E-state index in [-0.39, 0.29) is 0 Å². The second-order valence-electron chi connectivity index (χ2n) is 4.95. The van der Waals surface area contributed by atoms with Gasteiger partial charge in [-0.15, -0.1) is 0 Å². The summed E-state index contributed by atoms with van der Waals surface area (Å²) in [7, 11) is 0. The van der Waals surface area contributed by atoms with E-state index >= 15 is 0 Å². The zero-order valence-corrected chi connectivity index (χ0v) is 11.7. The van der Waals surface area contributed by atoms with Crippen LogP contribution in [-0.2, 0) is 0 Å². The molecule has 0 fully saturated rings. The van der Waals surface area contributed by atoms with Crippen LogP contribution in [0.25, 0.3) is 10.8 Å². The van der Waals surface area contributed by atoms with Gasteiger partial charge in [0.05, 0.1) is 11.6 Å². The molecule has 0 heterocycles. The van der Waals surface area contributed by atoms with Crippen molar-refractivity contribution in [1.82, 2.24) is 0 Å². The van der Waals surface area contributed by atoms with E-state index in [4.69, 9.17) is 5.26 Å². The first kappa shape index (κ1) is 13.0. The molecule has 0 N–H and O–H groups in total. The molecule has 0 spiro atoms. The predicted octanol–water partition coefficient (Wildman–Crippen LogP) is 4.42. The Bertz CT molecular complexity index is 900. The average molecular weight is 267 g/mol. The summed E-state index contributed by atoms with van der Waals surface area (Å²) >= 11 is 0.